The number of likely N-dealkylation sites (N-methyl/N-ethyl adjacent to an activating group) is 1. The maximum atomic E-state index is 13.8. The number of hydrogen-bond acceptors (Lipinski definition) is 2. The van der Waals surface area contributed by atoms with Crippen molar-refractivity contribution < 1.29 is 18.8 Å². The van der Waals surface area contributed by atoms with Crippen LogP contribution in [-0.2, 0) is 11.3 Å². The first-order valence-electron chi connectivity index (χ1n) is 7.62. The van der Waals surface area contributed by atoms with Crippen molar-refractivity contribution in [3.05, 3.63) is 58.9 Å². The Balaban J connectivity index is 1.97. The molecule has 4 nitrogen and oxygen atoms in total. The molecule has 0 fully saturated rings. The van der Waals surface area contributed by atoms with Crippen molar-refractivity contribution in [1.29, 1.82) is 0 Å². The van der Waals surface area contributed by atoms with E-state index in [9.17, 15) is 9.18 Å². The summed E-state index contributed by atoms with van der Waals surface area (Å²) in [7, 11) is 3.33. The molecule has 0 spiro atoms. The summed E-state index contributed by atoms with van der Waals surface area (Å²) in [6.07, 6.45) is 0. The lowest BCUT2D eigenvalue weighted by atomic mass is 10.1. The van der Waals surface area contributed by atoms with Crippen LogP contribution < -0.4 is 15.0 Å². The third-order valence-electron chi connectivity index (χ3n) is 3.94. The Hall–Kier alpha value is -2.11. The summed E-state index contributed by atoms with van der Waals surface area (Å²) < 4.78 is 18.7. The van der Waals surface area contributed by atoms with Gasteiger partial charge in [-0.05, 0) is 49.4 Å². The summed E-state index contributed by atoms with van der Waals surface area (Å²) in [6.45, 7) is 2.36. The number of methoxy groups -OCH3 is 1. The van der Waals surface area contributed by atoms with Gasteiger partial charge in [0, 0.05) is 16.3 Å². The molecule has 0 radical (unpaired) electrons. The van der Waals surface area contributed by atoms with E-state index < -0.39 is 5.82 Å². The quantitative estimate of drug-likeness (QED) is 0.840. The Morgan fingerprint density at radius 3 is 2.54 bits per heavy atom. The minimum atomic E-state index is -0.402. The SMILES string of the molecule is COc1ccc(C[NH+](C)[C@@H](C)C(=O)Nc2ccc(Cl)cc2)cc1F. The fourth-order valence-electron chi connectivity index (χ4n) is 2.30. The number of amides is 1. The van der Waals surface area contributed by atoms with Crippen molar-refractivity contribution in [2.45, 2.75) is 19.5 Å². The number of carbonyl (C=O) groups is 1. The highest BCUT2D eigenvalue weighted by Crippen LogP contribution is 2.17. The van der Waals surface area contributed by atoms with Crippen LogP contribution in [0.4, 0.5) is 10.1 Å². The van der Waals surface area contributed by atoms with Gasteiger partial charge in [0.05, 0.1) is 14.2 Å². The van der Waals surface area contributed by atoms with Crippen LogP contribution in [0.15, 0.2) is 42.5 Å². The van der Waals surface area contributed by atoms with Gasteiger partial charge in [0.25, 0.3) is 5.91 Å². The largest absolute Gasteiger partial charge is 0.494 e. The lowest BCUT2D eigenvalue weighted by Crippen LogP contribution is -3.12. The second kappa shape index (κ2) is 8.13. The predicted molar refractivity (Wildman–Crippen MR) is 93.1 cm³/mol. The summed E-state index contributed by atoms with van der Waals surface area (Å²) >= 11 is 5.83. The second-order valence-corrected chi connectivity index (χ2v) is 6.15. The molecule has 1 unspecified atom stereocenters. The van der Waals surface area contributed by atoms with Gasteiger partial charge < -0.3 is 15.0 Å². The molecule has 0 aromatic heterocycles. The molecule has 0 heterocycles. The van der Waals surface area contributed by atoms with Gasteiger partial charge in [-0.25, -0.2) is 4.39 Å². The van der Waals surface area contributed by atoms with E-state index in [1.807, 2.05) is 14.0 Å². The highest BCUT2D eigenvalue weighted by atomic mass is 35.5. The first-order chi connectivity index (χ1) is 11.4. The highest BCUT2D eigenvalue weighted by molar-refractivity contribution is 6.30. The number of quaternary nitrogens is 1. The zero-order valence-electron chi connectivity index (χ0n) is 13.9. The highest BCUT2D eigenvalue weighted by Gasteiger charge is 2.22. The van der Waals surface area contributed by atoms with E-state index in [-0.39, 0.29) is 17.7 Å². The molecular weight excluding hydrogens is 331 g/mol. The lowest BCUT2D eigenvalue weighted by Gasteiger charge is -2.21. The van der Waals surface area contributed by atoms with Gasteiger partial charge in [-0.1, -0.05) is 11.6 Å². The van der Waals surface area contributed by atoms with Gasteiger partial charge in [0.2, 0.25) is 0 Å². The molecule has 0 aliphatic rings. The smallest absolute Gasteiger partial charge is 0.282 e. The van der Waals surface area contributed by atoms with E-state index >= 15 is 0 Å². The molecule has 0 aliphatic heterocycles. The monoisotopic (exact) mass is 351 g/mol. The normalized spacial score (nSPS) is 13.2. The summed E-state index contributed by atoms with van der Waals surface area (Å²) in [5, 5.41) is 3.47. The van der Waals surface area contributed by atoms with Crippen LogP contribution in [0.1, 0.15) is 12.5 Å². The molecule has 2 rings (SSSR count). The van der Waals surface area contributed by atoms with Crippen molar-refractivity contribution in [2.24, 2.45) is 0 Å². The third-order valence-corrected chi connectivity index (χ3v) is 4.20. The van der Waals surface area contributed by atoms with Crippen molar-refractivity contribution in [1.82, 2.24) is 0 Å². The molecule has 0 bridgehead atoms. The Bertz CT molecular complexity index is 707. The van der Waals surface area contributed by atoms with Crippen LogP contribution in [-0.4, -0.2) is 26.1 Å². The number of halogens is 2. The maximum Gasteiger partial charge on any atom is 0.282 e. The Labute approximate surface area is 146 Å². The Morgan fingerprint density at radius 1 is 1.29 bits per heavy atom. The predicted octanol–water partition coefficient (Wildman–Crippen LogP) is 2.53. The molecule has 24 heavy (non-hydrogen) atoms. The summed E-state index contributed by atoms with van der Waals surface area (Å²) in [4.78, 5) is 13.3. The van der Waals surface area contributed by atoms with Crippen molar-refractivity contribution in [2.75, 3.05) is 19.5 Å². The van der Waals surface area contributed by atoms with E-state index in [2.05, 4.69) is 5.32 Å². The number of nitrogens with one attached hydrogen (secondary N) is 2. The zero-order chi connectivity index (χ0) is 17.7. The fourth-order valence-corrected chi connectivity index (χ4v) is 2.43. The van der Waals surface area contributed by atoms with Crippen molar-refractivity contribution in [3.63, 3.8) is 0 Å². The maximum absolute atomic E-state index is 13.8. The van der Waals surface area contributed by atoms with Gasteiger partial charge in [-0.2, -0.15) is 0 Å². The molecule has 0 saturated carbocycles. The van der Waals surface area contributed by atoms with Crippen molar-refractivity contribution in [3.8, 4) is 5.75 Å². The molecule has 2 aromatic carbocycles. The van der Waals surface area contributed by atoms with Crippen molar-refractivity contribution >= 4 is 23.2 Å². The molecule has 2 N–H and O–H groups in total. The van der Waals surface area contributed by atoms with Gasteiger partial charge >= 0.3 is 0 Å². The van der Waals surface area contributed by atoms with Crippen LogP contribution in [0.25, 0.3) is 0 Å². The van der Waals surface area contributed by atoms with Gasteiger partial charge in [0.15, 0.2) is 17.6 Å². The average Bonchev–Trinajstić information content (AvgIpc) is 2.56. The molecule has 128 valence electrons. The minimum Gasteiger partial charge on any atom is -0.494 e. The van der Waals surface area contributed by atoms with Crippen LogP contribution in [0.2, 0.25) is 5.02 Å². The number of anilines is 1. The average molecular weight is 352 g/mol. The second-order valence-electron chi connectivity index (χ2n) is 5.71. The lowest BCUT2D eigenvalue weighted by molar-refractivity contribution is -0.907. The number of ether oxygens (including phenoxy) is 1. The standard InChI is InChI=1S/C18H20ClFN2O2/c1-12(18(23)21-15-7-5-14(19)6-8-15)22(2)11-13-4-9-17(24-3)16(20)10-13/h4-10,12H,11H2,1-3H3,(H,21,23)/p+1/t12-/m0/s1. The van der Waals surface area contributed by atoms with Gasteiger partial charge in [0.1, 0.15) is 6.54 Å². The Kier molecular flexibility index (Phi) is 6.17. The zero-order valence-corrected chi connectivity index (χ0v) is 14.7. The van der Waals surface area contributed by atoms with Crippen LogP contribution in [0, 0.1) is 5.82 Å². The molecule has 2 aromatic rings. The van der Waals surface area contributed by atoms with Gasteiger partial charge in [-0.3, -0.25) is 4.79 Å². The van der Waals surface area contributed by atoms with E-state index in [0.717, 1.165) is 10.5 Å². The number of carbonyl (C=O) groups excluding carboxylic acids is 1. The molecule has 1 amide bonds. The van der Waals surface area contributed by atoms with Crippen LogP contribution >= 0.6 is 11.6 Å². The number of benzene rings is 2. The van der Waals surface area contributed by atoms with Crippen LogP contribution in [0.3, 0.4) is 0 Å². The van der Waals surface area contributed by atoms with E-state index in [0.29, 0.717) is 17.3 Å². The summed E-state index contributed by atoms with van der Waals surface area (Å²) in [5.74, 6) is -0.296. The number of rotatable bonds is 6. The van der Waals surface area contributed by atoms with E-state index in [4.69, 9.17) is 16.3 Å². The summed E-state index contributed by atoms with van der Waals surface area (Å²) in [6, 6.07) is 11.5. The first-order valence-corrected chi connectivity index (χ1v) is 7.99. The first kappa shape index (κ1) is 18.2. The van der Waals surface area contributed by atoms with E-state index in [1.165, 1.54) is 13.2 Å². The topological polar surface area (TPSA) is 42.8 Å². The third kappa shape index (κ3) is 4.69. The minimum absolute atomic E-state index is 0.108. The van der Waals surface area contributed by atoms with Gasteiger partial charge in [-0.15, -0.1) is 0 Å². The molecular formula is C18H21ClFN2O2+. The summed E-state index contributed by atoms with van der Waals surface area (Å²) in [5.41, 5.74) is 1.50. The van der Waals surface area contributed by atoms with E-state index in [1.54, 1.807) is 36.4 Å². The Morgan fingerprint density at radius 2 is 1.96 bits per heavy atom. The number of hydrogen-bond donors (Lipinski definition) is 2. The molecule has 0 aliphatic carbocycles. The molecule has 2 atom stereocenters. The molecule has 6 heteroatoms. The molecule has 0 saturated heterocycles. The van der Waals surface area contributed by atoms with Crippen LogP contribution in [0.5, 0.6) is 5.75 Å². The fraction of sp³-hybridized carbons (Fsp3) is 0.278.